The molecule has 1 saturated heterocycles. The molecule has 1 fully saturated rings. The molecule has 2 aliphatic rings. The van der Waals surface area contributed by atoms with Gasteiger partial charge in [-0.2, -0.15) is 4.98 Å². The average Bonchev–Trinajstić information content (AvgIpc) is 3.06. The third-order valence-electron chi connectivity index (χ3n) is 6.10. The minimum absolute atomic E-state index is 0.0710. The first-order valence-electron chi connectivity index (χ1n) is 10.7. The van der Waals surface area contributed by atoms with E-state index in [1.165, 1.54) is 0 Å². The van der Waals surface area contributed by atoms with Crippen LogP contribution in [0, 0.1) is 0 Å². The first-order valence-corrected chi connectivity index (χ1v) is 10.7. The van der Waals surface area contributed by atoms with Gasteiger partial charge in [0, 0.05) is 43.9 Å². The largest absolute Gasteiger partial charge is 0.491 e. The smallest absolute Gasteiger partial charge is 0.260 e. The van der Waals surface area contributed by atoms with Crippen LogP contribution in [0.3, 0.4) is 0 Å². The number of anilines is 1. The van der Waals surface area contributed by atoms with Gasteiger partial charge in [0.1, 0.15) is 12.4 Å². The van der Waals surface area contributed by atoms with E-state index < -0.39 is 11.6 Å². The van der Waals surface area contributed by atoms with Crippen molar-refractivity contribution < 1.29 is 18.7 Å². The summed E-state index contributed by atoms with van der Waals surface area (Å²) in [6.07, 6.45) is 3.45. The maximum Gasteiger partial charge on any atom is 0.260 e. The van der Waals surface area contributed by atoms with Gasteiger partial charge in [-0.3, -0.25) is 9.78 Å². The van der Waals surface area contributed by atoms with E-state index in [-0.39, 0.29) is 12.8 Å². The molecule has 8 nitrogen and oxygen atoms in total. The van der Waals surface area contributed by atoms with Crippen LogP contribution >= 0.6 is 0 Å². The van der Waals surface area contributed by atoms with Gasteiger partial charge in [0.05, 0.1) is 31.1 Å². The van der Waals surface area contributed by atoms with Crippen LogP contribution < -0.4 is 14.4 Å². The van der Waals surface area contributed by atoms with Crippen molar-refractivity contribution in [2.24, 2.45) is 0 Å². The molecule has 0 bridgehead atoms. The zero-order valence-corrected chi connectivity index (χ0v) is 17.8. The number of para-hydroxylation sites is 1. The fourth-order valence-electron chi connectivity index (χ4n) is 4.29. The Hall–Kier alpha value is -3.49. The molecule has 32 heavy (non-hydrogen) atoms. The second-order valence-corrected chi connectivity index (χ2v) is 8.06. The summed E-state index contributed by atoms with van der Waals surface area (Å²) in [6.45, 7) is 1.64. The Morgan fingerprint density at radius 2 is 1.97 bits per heavy atom. The summed E-state index contributed by atoms with van der Waals surface area (Å²) in [7, 11) is 1.57. The Bertz CT molecular complexity index is 1150. The minimum atomic E-state index is -1.93. The molecular weight excluding hydrogens is 413 g/mol. The maximum absolute atomic E-state index is 15.8. The lowest BCUT2D eigenvalue weighted by atomic mass is 9.91. The van der Waals surface area contributed by atoms with Gasteiger partial charge in [0.25, 0.3) is 5.91 Å². The van der Waals surface area contributed by atoms with E-state index in [0.717, 1.165) is 16.5 Å². The number of hydrogen-bond donors (Lipinski definition) is 0. The van der Waals surface area contributed by atoms with E-state index >= 15 is 4.39 Å². The number of fused-ring (bicyclic) bond motifs is 2. The molecule has 5 rings (SSSR count). The molecule has 0 atom stereocenters. The average molecular weight is 437 g/mol. The third-order valence-corrected chi connectivity index (χ3v) is 6.10. The number of piperidine rings is 1. The van der Waals surface area contributed by atoms with Crippen LogP contribution in [-0.4, -0.2) is 64.8 Å². The fourth-order valence-corrected chi connectivity index (χ4v) is 4.29. The van der Waals surface area contributed by atoms with Crippen LogP contribution in [0.25, 0.3) is 10.9 Å². The van der Waals surface area contributed by atoms with Gasteiger partial charge in [-0.15, -0.1) is 0 Å². The molecule has 4 heterocycles. The van der Waals surface area contributed by atoms with Crippen molar-refractivity contribution in [2.75, 3.05) is 38.3 Å². The van der Waals surface area contributed by atoms with Crippen LogP contribution in [0.1, 0.15) is 18.4 Å². The van der Waals surface area contributed by atoms with E-state index in [1.807, 2.05) is 29.2 Å². The normalized spacial score (nSPS) is 17.9. The molecule has 0 radical (unpaired) electrons. The molecule has 0 aliphatic carbocycles. The maximum atomic E-state index is 15.8. The second kappa shape index (κ2) is 8.22. The van der Waals surface area contributed by atoms with E-state index in [2.05, 4.69) is 15.0 Å². The molecule has 3 aromatic rings. The lowest BCUT2D eigenvalue weighted by Gasteiger charge is -2.38. The number of alkyl halides is 1. The Labute approximate surface area is 185 Å². The highest BCUT2D eigenvalue weighted by Crippen LogP contribution is 2.33. The van der Waals surface area contributed by atoms with Crippen molar-refractivity contribution in [1.29, 1.82) is 0 Å². The Morgan fingerprint density at radius 1 is 1.16 bits per heavy atom. The number of benzene rings is 1. The summed E-state index contributed by atoms with van der Waals surface area (Å²) in [5.41, 5.74) is -0.375. The second-order valence-electron chi connectivity index (χ2n) is 8.06. The summed E-state index contributed by atoms with van der Waals surface area (Å²) in [4.78, 5) is 29.8. The number of amides is 1. The topological polar surface area (TPSA) is 80.7 Å². The number of methoxy groups -OCH3 is 1. The molecule has 9 heteroatoms. The Kier molecular flexibility index (Phi) is 5.24. The molecule has 1 aromatic carbocycles. The highest BCUT2D eigenvalue weighted by molar-refractivity contribution is 5.86. The quantitative estimate of drug-likeness (QED) is 0.623. The molecule has 166 valence electrons. The number of ether oxygens (including phenoxy) is 2. The predicted octanol–water partition coefficient (Wildman–Crippen LogP) is 2.76. The molecule has 2 aromatic heterocycles. The van der Waals surface area contributed by atoms with E-state index in [0.29, 0.717) is 50.4 Å². The van der Waals surface area contributed by atoms with Crippen LogP contribution in [0.5, 0.6) is 11.6 Å². The van der Waals surface area contributed by atoms with Gasteiger partial charge in [-0.25, -0.2) is 9.37 Å². The fraction of sp³-hybridized carbons (Fsp3) is 0.391. The molecule has 0 unspecified atom stereocenters. The van der Waals surface area contributed by atoms with Crippen molar-refractivity contribution >= 4 is 22.8 Å². The van der Waals surface area contributed by atoms with Crippen molar-refractivity contribution in [1.82, 2.24) is 19.9 Å². The van der Waals surface area contributed by atoms with Crippen molar-refractivity contribution in [3.05, 3.63) is 48.3 Å². The molecule has 1 amide bonds. The highest BCUT2D eigenvalue weighted by atomic mass is 19.1. The lowest BCUT2D eigenvalue weighted by molar-refractivity contribution is -0.146. The van der Waals surface area contributed by atoms with E-state index in [9.17, 15) is 4.79 Å². The number of rotatable bonds is 3. The summed E-state index contributed by atoms with van der Waals surface area (Å²) in [5, 5.41) is 0.823. The first kappa shape index (κ1) is 20.4. The third kappa shape index (κ3) is 3.68. The Balaban J connectivity index is 1.31. The number of carbonyl (C=O) groups is 1. The monoisotopic (exact) mass is 437 g/mol. The highest BCUT2D eigenvalue weighted by Gasteiger charge is 2.45. The predicted molar refractivity (Wildman–Crippen MR) is 117 cm³/mol. The van der Waals surface area contributed by atoms with Gasteiger partial charge >= 0.3 is 0 Å². The van der Waals surface area contributed by atoms with E-state index in [4.69, 9.17) is 9.47 Å². The molecule has 0 N–H and O–H groups in total. The zero-order valence-electron chi connectivity index (χ0n) is 17.8. The lowest BCUT2D eigenvalue weighted by Crippen LogP contribution is -2.53. The van der Waals surface area contributed by atoms with Crippen LogP contribution in [-0.2, 0) is 11.3 Å². The van der Waals surface area contributed by atoms with Gasteiger partial charge < -0.3 is 19.3 Å². The van der Waals surface area contributed by atoms with E-state index in [1.54, 1.807) is 30.5 Å². The number of carbonyl (C=O) groups excluding carboxylic acids is 1. The SMILES string of the molecule is COc1nc(N2CCC(F)(C(=O)N3CCOc4ccncc4C3)CC2)nc2ccccc12. The van der Waals surface area contributed by atoms with Crippen molar-refractivity contribution in [2.45, 2.75) is 25.1 Å². The molecule has 2 aliphatic heterocycles. The van der Waals surface area contributed by atoms with Gasteiger partial charge in [-0.05, 0) is 18.2 Å². The van der Waals surface area contributed by atoms with Gasteiger partial charge in [0.2, 0.25) is 11.8 Å². The number of aromatic nitrogens is 3. The van der Waals surface area contributed by atoms with Crippen LogP contribution in [0.15, 0.2) is 42.7 Å². The van der Waals surface area contributed by atoms with Gasteiger partial charge in [-0.1, -0.05) is 12.1 Å². The standard InChI is InChI=1S/C23H24FN5O3/c1-31-20-17-4-2-3-5-18(17)26-22(27-20)28-10-7-23(24,8-11-28)21(30)29-12-13-32-19-6-9-25-14-16(19)15-29/h2-6,9,14H,7-8,10-13,15H2,1H3. The molecule has 0 spiro atoms. The van der Waals surface area contributed by atoms with Crippen LogP contribution in [0.2, 0.25) is 0 Å². The minimum Gasteiger partial charge on any atom is -0.491 e. The number of nitrogens with zero attached hydrogens (tertiary/aromatic N) is 5. The number of halogens is 1. The zero-order chi connectivity index (χ0) is 22.1. The summed E-state index contributed by atoms with van der Waals surface area (Å²) >= 11 is 0. The Morgan fingerprint density at radius 3 is 2.78 bits per heavy atom. The van der Waals surface area contributed by atoms with Gasteiger partial charge in [0.15, 0.2) is 5.67 Å². The summed E-state index contributed by atoms with van der Waals surface area (Å²) < 4.78 is 26.9. The van der Waals surface area contributed by atoms with Crippen LogP contribution in [0.4, 0.5) is 10.3 Å². The number of hydrogen-bond acceptors (Lipinski definition) is 7. The van der Waals surface area contributed by atoms with Crippen molar-refractivity contribution in [3.63, 3.8) is 0 Å². The summed E-state index contributed by atoms with van der Waals surface area (Å²) in [5.74, 6) is 1.17. The molecule has 0 saturated carbocycles. The molecular formula is C23H24FN5O3. The van der Waals surface area contributed by atoms with Crippen molar-refractivity contribution in [3.8, 4) is 11.6 Å². The number of pyridine rings is 1. The summed E-state index contributed by atoms with van der Waals surface area (Å²) in [6, 6.07) is 9.37. The first-order chi connectivity index (χ1) is 15.6.